The lowest BCUT2D eigenvalue weighted by atomic mass is 10.0. The van der Waals surface area contributed by atoms with Crippen molar-refractivity contribution in [3.63, 3.8) is 0 Å². The average Bonchev–Trinajstić information content (AvgIpc) is 3.22. The summed E-state index contributed by atoms with van der Waals surface area (Å²) in [5.41, 5.74) is 3.61. The van der Waals surface area contributed by atoms with Crippen LogP contribution in [-0.4, -0.2) is 38.5 Å². The summed E-state index contributed by atoms with van der Waals surface area (Å²) >= 11 is 0. The second-order valence-corrected chi connectivity index (χ2v) is 5.95. The van der Waals surface area contributed by atoms with Gasteiger partial charge in [0.05, 0.1) is 11.4 Å². The molecule has 0 bridgehead atoms. The van der Waals surface area contributed by atoms with Gasteiger partial charge < -0.3 is 20.7 Å². The van der Waals surface area contributed by atoms with Gasteiger partial charge in [-0.2, -0.15) is 0 Å². The highest BCUT2D eigenvalue weighted by atomic mass is 16.4. The van der Waals surface area contributed by atoms with Gasteiger partial charge in [0.2, 0.25) is 5.65 Å². The number of amides is 2. The minimum atomic E-state index is -1.19. The number of hydrogen-bond acceptors (Lipinski definition) is 4. The van der Waals surface area contributed by atoms with Crippen molar-refractivity contribution in [2.45, 2.75) is 13.0 Å². The highest BCUT2D eigenvalue weighted by Gasteiger charge is 2.26. The van der Waals surface area contributed by atoms with Crippen molar-refractivity contribution >= 4 is 17.6 Å². The quantitative estimate of drug-likeness (QED) is 0.431. The van der Waals surface area contributed by atoms with Crippen LogP contribution >= 0.6 is 0 Å². The first-order valence-electron chi connectivity index (χ1n) is 7.94. The number of H-pyrrole nitrogens is 1. The molecule has 9 heteroatoms. The molecule has 1 aliphatic rings. The van der Waals surface area contributed by atoms with E-state index < -0.39 is 11.5 Å². The number of fused-ring (bicyclic) bond motifs is 5. The van der Waals surface area contributed by atoms with Crippen LogP contribution in [-0.2, 0) is 13.0 Å². The van der Waals surface area contributed by atoms with E-state index in [-0.39, 0.29) is 17.4 Å². The summed E-state index contributed by atoms with van der Waals surface area (Å²) in [5, 5.41) is 14.4. The Morgan fingerprint density at radius 1 is 1.38 bits per heavy atom. The van der Waals surface area contributed by atoms with Gasteiger partial charge in [0, 0.05) is 31.8 Å². The number of aromatic nitrogens is 3. The summed E-state index contributed by atoms with van der Waals surface area (Å²) in [6.45, 7) is 0.342. The lowest BCUT2D eigenvalue weighted by Crippen LogP contribution is -2.32. The molecule has 4 rings (SSSR count). The number of rotatable bonds is 3. The first-order chi connectivity index (χ1) is 12.5. The minimum absolute atomic E-state index is 0.0546. The molecule has 1 aromatic carbocycles. The van der Waals surface area contributed by atoms with Gasteiger partial charge in [-0.05, 0) is 11.1 Å². The monoisotopic (exact) mass is 353 g/mol. The van der Waals surface area contributed by atoms with Crippen molar-refractivity contribution in [3.8, 4) is 11.3 Å². The number of urea groups is 1. The third kappa shape index (κ3) is 2.32. The van der Waals surface area contributed by atoms with E-state index in [1.807, 2.05) is 18.2 Å². The van der Waals surface area contributed by atoms with Crippen molar-refractivity contribution in [2.24, 2.45) is 0 Å². The SMILES string of the molecule is CNC(=O)NCc1cccc2c1Cc1c-2[nH]c(=O)c2nc(C(=O)O)cn12. The topological polar surface area (TPSA) is 129 Å². The van der Waals surface area contributed by atoms with Gasteiger partial charge in [-0.1, -0.05) is 18.2 Å². The fourth-order valence-corrected chi connectivity index (χ4v) is 3.28. The number of aromatic carboxylic acids is 1. The molecule has 1 aliphatic carbocycles. The summed E-state index contributed by atoms with van der Waals surface area (Å²) in [4.78, 5) is 41.7. The molecule has 0 fully saturated rings. The van der Waals surface area contributed by atoms with Crippen LogP contribution in [0.4, 0.5) is 4.79 Å². The summed E-state index contributed by atoms with van der Waals surface area (Å²) < 4.78 is 1.54. The van der Waals surface area contributed by atoms with Crippen LogP contribution in [0, 0.1) is 0 Å². The van der Waals surface area contributed by atoms with E-state index in [9.17, 15) is 14.4 Å². The fraction of sp³-hybridized carbons (Fsp3) is 0.176. The Balaban J connectivity index is 1.83. The third-order valence-electron chi connectivity index (χ3n) is 4.50. The zero-order valence-corrected chi connectivity index (χ0v) is 13.8. The normalized spacial score (nSPS) is 11.9. The zero-order chi connectivity index (χ0) is 18.4. The molecule has 4 N–H and O–H groups in total. The van der Waals surface area contributed by atoms with Gasteiger partial charge in [0.25, 0.3) is 5.56 Å². The van der Waals surface area contributed by atoms with Crippen molar-refractivity contribution < 1.29 is 14.7 Å². The first kappa shape index (κ1) is 15.9. The molecular formula is C17H15N5O4. The molecule has 26 heavy (non-hydrogen) atoms. The molecule has 0 radical (unpaired) electrons. The van der Waals surface area contributed by atoms with Crippen LogP contribution in [0.15, 0.2) is 29.2 Å². The Kier molecular flexibility index (Phi) is 3.50. The maximum Gasteiger partial charge on any atom is 0.356 e. The van der Waals surface area contributed by atoms with E-state index in [0.29, 0.717) is 18.7 Å². The first-order valence-corrected chi connectivity index (χ1v) is 7.94. The van der Waals surface area contributed by atoms with E-state index in [0.717, 1.165) is 22.4 Å². The largest absolute Gasteiger partial charge is 0.476 e. The maximum atomic E-state index is 12.3. The molecular weight excluding hydrogens is 338 g/mol. The molecule has 9 nitrogen and oxygen atoms in total. The molecule has 0 saturated carbocycles. The second kappa shape index (κ2) is 5.73. The van der Waals surface area contributed by atoms with Crippen molar-refractivity contribution in [1.82, 2.24) is 25.0 Å². The summed E-state index contributed by atoms with van der Waals surface area (Å²) in [6.07, 6.45) is 1.86. The smallest absolute Gasteiger partial charge is 0.356 e. The number of imidazole rings is 1. The number of carbonyl (C=O) groups excluding carboxylic acids is 1. The number of carbonyl (C=O) groups is 2. The summed E-state index contributed by atoms with van der Waals surface area (Å²) in [6, 6.07) is 5.37. The lowest BCUT2D eigenvalue weighted by molar-refractivity contribution is 0.0691. The van der Waals surface area contributed by atoms with E-state index in [1.165, 1.54) is 10.6 Å². The number of nitrogens with zero attached hydrogens (tertiary/aromatic N) is 2. The molecule has 0 aliphatic heterocycles. The number of benzene rings is 1. The van der Waals surface area contributed by atoms with Crippen molar-refractivity contribution in [1.29, 1.82) is 0 Å². The van der Waals surface area contributed by atoms with Crippen LogP contribution in [0.5, 0.6) is 0 Å². The van der Waals surface area contributed by atoms with E-state index in [1.54, 1.807) is 7.05 Å². The predicted molar refractivity (Wildman–Crippen MR) is 92.3 cm³/mol. The molecule has 0 unspecified atom stereocenters. The average molecular weight is 353 g/mol. The molecule has 0 atom stereocenters. The summed E-state index contributed by atoms with van der Waals surface area (Å²) in [7, 11) is 1.54. The number of hydrogen-bond donors (Lipinski definition) is 4. The molecule has 2 amide bonds. The van der Waals surface area contributed by atoms with E-state index in [4.69, 9.17) is 5.11 Å². The number of carboxylic acid groups (broad SMARTS) is 1. The summed E-state index contributed by atoms with van der Waals surface area (Å²) in [5.74, 6) is -1.19. The predicted octanol–water partition coefficient (Wildman–Crippen LogP) is 0.721. The Hall–Kier alpha value is -3.62. The Morgan fingerprint density at radius 3 is 2.92 bits per heavy atom. The van der Waals surface area contributed by atoms with E-state index in [2.05, 4.69) is 20.6 Å². The van der Waals surface area contributed by atoms with Crippen molar-refractivity contribution in [2.75, 3.05) is 7.05 Å². The number of aromatic amines is 1. The molecule has 132 valence electrons. The third-order valence-corrected chi connectivity index (χ3v) is 4.50. The fourth-order valence-electron chi connectivity index (χ4n) is 3.28. The Bertz CT molecular complexity index is 1130. The van der Waals surface area contributed by atoms with Gasteiger partial charge in [-0.25, -0.2) is 14.6 Å². The van der Waals surface area contributed by atoms with Crippen LogP contribution in [0.3, 0.4) is 0 Å². The van der Waals surface area contributed by atoms with Gasteiger partial charge in [0.15, 0.2) is 5.69 Å². The molecule has 2 heterocycles. The van der Waals surface area contributed by atoms with E-state index >= 15 is 0 Å². The molecule has 3 aromatic rings. The Morgan fingerprint density at radius 2 is 2.19 bits per heavy atom. The second-order valence-electron chi connectivity index (χ2n) is 5.95. The highest BCUT2D eigenvalue weighted by Crippen LogP contribution is 2.36. The Labute approximate surface area is 146 Å². The van der Waals surface area contributed by atoms with Gasteiger partial charge in [0.1, 0.15) is 0 Å². The van der Waals surface area contributed by atoms with Gasteiger partial charge in [-0.15, -0.1) is 0 Å². The maximum absolute atomic E-state index is 12.3. The molecule has 0 saturated heterocycles. The number of carboxylic acids is 1. The molecule has 0 spiro atoms. The standard InChI is InChI=1S/C17H15N5O4/c1-18-17(26)19-6-8-3-2-4-9-10(8)5-12-13(9)21-15(23)14-20-11(16(24)25)7-22(12)14/h2-4,7H,5-6H2,1H3,(H,21,23)(H,24,25)(H2,18,19,26). The van der Waals surface area contributed by atoms with Gasteiger partial charge >= 0.3 is 12.0 Å². The van der Waals surface area contributed by atoms with Crippen LogP contribution in [0.25, 0.3) is 16.9 Å². The highest BCUT2D eigenvalue weighted by molar-refractivity contribution is 5.86. The lowest BCUT2D eigenvalue weighted by Gasteiger charge is -2.09. The van der Waals surface area contributed by atoms with Crippen LogP contribution < -0.4 is 16.2 Å². The van der Waals surface area contributed by atoms with Crippen LogP contribution in [0.2, 0.25) is 0 Å². The molecule has 2 aromatic heterocycles. The van der Waals surface area contributed by atoms with Crippen molar-refractivity contribution in [3.05, 3.63) is 57.3 Å². The minimum Gasteiger partial charge on any atom is -0.476 e. The number of nitrogens with one attached hydrogen (secondary N) is 3. The van der Waals surface area contributed by atoms with Gasteiger partial charge in [-0.3, -0.25) is 9.20 Å². The zero-order valence-electron chi connectivity index (χ0n) is 13.8. The van der Waals surface area contributed by atoms with Crippen LogP contribution in [0.1, 0.15) is 27.3 Å².